The summed E-state index contributed by atoms with van der Waals surface area (Å²) in [5.74, 6) is 0.804. The van der Waals surface area contributed by atoms with Gasteiger partial charge in [-0.15, -0.1) is 0 Å². The van der Waals surface area contributed by atoms with Crippen LogP contribution in [0.1, 0.15) is 6.42 Å². The van der Waals surface area contributed by atoms with E-state index in [1.165, 1.54) is 10.8 Å². The van der Waals surface area contributed by atoms with Crippen LogP contribution >= 0.6 is 0 Å². The lowest BCUT2D eigenvalue weighted by Crippen LogP contribution is -2.25. The van der Waals surface area contributed by atoms with E-state index >= 15 is 0 Å². The number of hydrogen-bond donors (Lipinski definition) is 1. The zero-order valence-electron chi connectivity index (χ0n) is 9.59. The molecule has 1 saturated heterocycles. The van der Waals surface area contributed by atoms with E-state index in [1.807, 2.05) is 0 Å². The van der Waals surface area contributed by atoms with Crippen LogP contribution in [0.2, 0.25) is 0 Å². The van der Waals surface area contributed by atoms with E-state index in [9.17, 15) is 13.2 Å². The average Bonchev–Trinajstić information content (AvgIpc) is 2.61. The molecule has 1 unspecified atom stereocenters. The average molecular weight is 257 g/mol. The summed E-state index contributed by atoms with van der Waals surface area (Å²) in [6, 6.07) is 0. The summed E-state index contributed by atoms with van der Waals surface area (Å²) < 4.78 is 24.0. The normalized spacial score (nSPS) is 22.5. The Bertz CT molecular complexity index is 564. The highest BCUT2D eigenvalue weighted by atomic mass is 32.2. The highest BCUT2D eigenvalue weighted by Gasteiger charge is 2.27. The summed E-state index contributed by atoms with van der Waals surface area (Å²) in [6.45, 7) is 0.478. The van der Waals surface area contributed by atoms with Crippen LogP contribution < -0.4 is 10.9 Å². The minimum atomic E-state index is -2.86. The Balaban J connectivity index is 2.00. The molecule has 0 bridgehead atoms. The molecule has 0 saturated carbocycles. The summed E-state index contributed by atoms with van der Waals surface area (Å²) in [5, 5.41) is 2.92. The molecular weight excluding hydrogens is 242 g/mol. The van der Waals surface area contributed by atoms with Crippen molar-refractivity contribution in [3.05, 3.63) is 22.7 Å². The molecule has 0 radical (unpaired) electrons. The quantitative estimate of drug-likeness (QED) is 0.799. The molecule has 1 atom stereocenters. The first kappa shape index (κ1) is 12.1. The summed E-state index contributed by atoms with van der Waals surface area (Å²) in [5.41, 5.74) is -0.201. The molecule has 0 aromatic carbocycles. The van der Waals surface area contributed by atoms with E-state index in [2.05, 4.69) is 10.3 Å². The van der Waals surface area contributed by atoms with Crippen LogP contribution in [0, 0.1) is 5.92 Å². The van der Waals surface area contributed by atoms with Crippen molar-refractivity contribution in [1.82, 2.24) is 9.55 Å². The van der Waals surface area contributed by atoms with E-state index in [-0.39, 0.29) is 28.8 Å². The Hall–Kier alpha value is -1.37. The van der Waals surface area contributed by atoms with Gasteiger partial charge >= 0.3 is 0 Å². The molecule has 1 fully saturated rings. The van der Waals surface area contributed by atoms with Gasteiger partial charge < -0.3 is 9.88 Å². The number of aryl methyl sites for hydroxylation is 1. The second-order valence-electron chi connectivity index (χ2n) is 4.34. The summed E-state index contributed by atoms with van der Waals surface area (Å²) in [7, 11) is -1.21. The summed E-state index contributed by atoms with van der Waals surface area (Å²) in [4.78, 5) is 15.6. The van der Waals surface area contributed by atoms with Crippen LogP contribution in [0.4, 0.5) is 5.82 Å². The zero-order chi connectivity index (χ0) is 12.5. The molecule has 17 heavy (non-hydrogen) atoms. The standard InChI is InChI=1S/C10H15N3O3S/c1-13-4-3-11-9(10(13)14)12-6-8-2-5-17(15,16)7-8/h3-4,8H,2,5-7H2,1H3,(H,11,12). The molecule has 94 valence electrons. The van der Waals surface area contributed by atoms with E-state index in [1.54, 1.807) is 13.2 Å². The summed E-state index contributed by atoms with van der Waals surface area (Å²) in [6.07, 6.45) is 3.77. The number of hydrogen-bond acceptors (Lipinski definition) is 5. The van der Waals surface area contributed by atoms with Gasteiger partial charge in [-0.1, -0.05) is 0 Å². The zero-order valence-corrected chi connectivity index (χ0v) is 10.4. The fraction of sp³-hybridized carbons (Fsp3) is 0.600. The molecule has 0 amide bonds. The first-order valence-electron chi connectivity index (χ1n) is 5.44. The van der Waals surface area contributed by atoms with Gasteiger partial charge in [-0.05, 0) is 12.3 Å². The van der Waals surface area contributed by atoms with Crippen molar-refractivity contribution in [3.8, 4) is 0 Å². The van der Waals surface area contributed by atoms with Crippen molar-refractivity contribution in [2.75, 3.05) is 23.4 Å². The molecule has 1 aromatic rings. The van der Waals surface area contributed by atoms with E-state index in [0.29, 0.717) is 13.0 Å². The van der Waals surface area contributed by atoms with Crippen molar-refractivity contribution in [2.45, 2.75) is 6.42 Å². The third kappa shape index (κ3) is 2.85. The maximum Gasteiger partial charge on any atom is 0.293 e. The Morgan fingerprint density at radius 2 is 2.35 bits per heavy atom. The first-order valence-corrected chi connectivity index (χ1v) is 7.26. The number of aromatic nitrogens is 2. The Kier molecular flexibility index (Phi) is 3.19. The fourth-order valence-electron chi connectivity index (χ4n) is 1.89. The number of rotatable bonds is 3. The predicted molar refractivity (Wildman–Crippen MR) is 64.7 cm³/mol. The molecule has 1 aliphatic heterocycles. The SMILES string of the molecule is Cn1ccnc(NCC2CCS(=O)(=O)C2)c1=O. The number of nitrogens with zero attached hydrogens (tertiary/aromatic N) is 2. The van der Waals surface area contributed by atoms with Gasteiger partial charge in [0.1, 0.15) is 0 Å². The van der Waals surface area contributed by atoms with Crippen LogP contribution in [0.25, 0.3) is 0 Å². The monoisotopic (exact) mass is 257 g/mol. The van der Waals surface area contributed by atoms with Gasteiger partial charge in [-0.2, -0.15) is 0 Å². The third-order valence-corrected chi connectivity index (χ3v) is 4.74. The van der Waals surface area contributed by atoms with Gasteiger partial charge in [0.15, 0.2) is 15.7 Å². The lowest BCUT2D eigenvalue weighted by Gasteiger charge is -2.09. The Morgan fingerprint density at radius 3 is 3.00 bits per heavy atom. The Morgan fingerprint density at radius 1 is 1.59 bits per heavy atom. The van der Waals surface area contributed by atoms with Gasteiger partial charge in [0.05, 0.1) is 11.5 Å². The van der Waals surface area contributed by atoms with Crippen LogP contribution in [0.15, 0.2) is 17.2 Å². The van der Waals surface area contributed by atoms with Gasteiger partial charge in [-0.25, -0.2) is 13.4 Å². The van der Waals surface area contributed by atoms with Crippen molar-refractivity contribution in [1.29, 1.82) is 0 Å². The maximum atomic E-state index is 11.6. The molecule has 1 N–H and O–H groups in total. The Labute approximate surface area is 99.6 Å². The minimum Gasteiger partial charge on any atom is -0.365 e. The van der Waals surface area contributed by atoms with Crippen molar-refractivity contribution >= 4 is 15.7 Å². The highest BCUT2D eigenvalue weighted by molar-refractivity contribution is 7.91. The number of nitrogens with one attached hydrogen (secondary N) is 1. The molecular formula is C10H15N3O3S. The lowest BCUT2D eigenvalue weighted by molar-refractivity contribution is 0.595. The largest absolute Gasteiger partial charge is 0.365 e. The molecule has 7 heteroatoms. The van der Waals surface area contributed by atoms with E-state index in [4.69, 9.17) is 0 Å². The molecule has 1 aromatic heterocycles. The van der Waals surface area contributed by atoms with Crippen molar-refractivity contribution in [3.63, 3.8) is 0 Å². The fourth-order valence-corrected chi connectivity index (χ4v) is 3.75. The highest BCUT2D eigenvalue weighted by Crippen LogP contribution is 2.18. The second-order valence-corrected chi connectivity index (χ2v) is 6.57. The van der Waals surface area contributed by atoms with Crippen LogP contribution in [-0.2, 0) is 16.9 Å². The number of anilines is 1. The van der Waals surface area contributed by atoms with Crippen LogP contribution in [0.3, 0.4) is 0 Å². The molecule has 0 spiro atoms. The van der Waals surface area contributed by atoms with Crippen LogP contribution in [-0.4, -0.2) is 36.0 Å². The van der Waals surface area contributed by atoms with Gasteiger partial charge in [-0.3, -0.25) is 4.79 Å². The van der Waals surface area contributed by atoms with Crippen LogP contribution in [0.5, 0.6) is 0 Å². The molecule has 2 rings (SSSR count). The molecule has 0 aliphatic carbocycles. The van der Waals surface area contributed by atoms with Crippen molar-refractivity contribution < 1.29 is 8.42 Å². The molecule has 6 nitrogen and oxygen atoms in total. The lowest BCUT2D eigenvalue weighted by atomic mass is 10.1. The van der Waals surface area contributed by atoms with Crippen molar-refractivity contribution in [2.24, 2.45) is 13.0 Å². The van der Waals surface area contributed by atoms with E-state index < -0.39 is 9.84 Å². The first-order chi connectivity index (χ1) is 7.98. The van der Waals surface area contributed by atoms with Gasteiger partial charge in [0.25, 0.3) is 5.56 Å². The summed E-state index contributed by atoms with van der Waals surface area (Å²) >= 11 is 0. The van der Waals surface area contributed by atoms with Gasteiger partial charge in [0, 0.05) is 26.0 Å². The predicted octanol–water partition coefficient (Wildman–Crippen LogP) is -0.373. The minimum absolute atomic E-state index is 0.0757. The van der Waals surface area contributed by atoms with E-state index in [0.717, 1.165) is 0 Å². The molecule has 2 heterocycles. The topological polar surface area (TPSA) is 81.1 Å². The number of sulfone groups is 1. The third-order valence-electron chi connectivity index (χ3n) is 2.90. The maximum absolute atomic E-state index is 11.6. The van der Waals surface area contributed by atoms with Gasteiger partial charge in [0.2, 0.25) is 0 Å². The second kappa shape index (κ2) is 4.48. The molecule has 1 aliphatic rings. The smallest absolute Gasteiger partial charge is 0.293 e.